The molecule has 0 saturated heterocycles. The molecule has 1 heterocycles. The van der Waals surface area contributed by atoms with Crippen molar-refractivity contribution >= 4 is 23.0 Å². The predicted molar refractivity (Wildman–Crippen MR) is 91.6 cm³/mol. The number of H-pyrrole nitrogens is 1. The lowest BCUT2D eigenvalue weighted by Gasteiger charge is -2.21. The maximum Gasteiger partial charge on any atom is 0.408 e. The van der Waals surface area contributed by atoms with Crippen molar-refractivity contribution in [3.05, 3.63) is 30.1 Å². The van der Waals surface area contributed by atoms with Gasteiger partial charge in [-0.15, -0.1) is 0 Å². The summed E-state index contributed by atoms with van der Waals surface area (Å²) < 4.78 is 5.12. The third-order valence-electron chi connectivity index (χ3n) is 3.23. The lowest BCUT2D eigenvalue weighted by atomic mass is 10.2. The molecule has 0 radical (unpaired) electrons. The van der Waals surface area contributed by atoms with Crippen molar-refractivity contribution in [1.29, 1.82) is 0 Å². The van der Waals surface area contributed by atoms with Crippen LogP contribution in [0.5, 0.6) is 0 Å². The Morgan fingerprint density at radius 2 is 2.00 bits per heavy atom. The van der Waals surface area contributed by atoms with Gasteiger partial charge in [-0.25, -0.2) is 9.78 Å². The fourth-order valence-corrected chi connectivity index (χ4v) is 2.13. The minimum absolute atomic E-state index is 0.267. The number of fused-ring (bicyclic) bond motifs is 1. The highest BCUT2D eigenvalue weighted by atomic mass is 16.6. The molecule has 2 rings (SSSR count). The SMILES string of the molecule is C[C@H](NC(=O)OC(C)(C)C)C(=O)NCCc1nc2ccccc2[nH]1. The largest absolute Gasteiger partial charge is 0.444 e. The lowest BCUT2D eigenvalue weighted by molar-refractivity contribution is -0.122. The van der Waals surface area contributed by atoms with Crippen LogP contribution in [-0.2, 0) is 16.0 Å². The number of alkyl carbamates (subject to hydrolysis) is 1. The van der Waals surface area contributed by atoms with Gasteiger partial charge in [-0.3, -0.25) is 4.79 Å². The van der Waals surface area contributed by atoms with Crippen LogP contribution in [0.4, 0.5) is 4.79 Å². The molecule has 0 spiro atoms. The molecule has 3 N–H and O–H groups in total. The topological polar surface area (TPSA) is 96.1 Å². The number of benzene rings is 1. The van der Waals surface area contributed by atoms with Gasteiger partial charge in [0.2, 0.25) is 5.91 Å². The summed E-state index contributed by atoms with van der Waals surface area (Å²) in [7, 11) is 0. The number of ether oxygens (including phenoxy) is 1. The van der Waals surface area contributed by atoms with Crippen LogP contribution in [0.2, 0.25) is 0 Å². The lowest BCUT2D eigenvalue weighted by Crippen LogP contribution is -2.46. The van der Waals surface area contributed by atoms with Gasteiger partial charge in [-0.2, -0.15) is 0 Å². The molecule has 0 aliphatic carbocycles. The van der Waals surface area contributed by atoms with E-state index in [1.54, 1.807) is 27.7 Å². The average molecular weight is 332 g/mol. The second-order valence-electron chi connectivity index (χ2n) is 6.61. The van der Waals surface area contributed by atoms with E-state index in [4.69, 9.17) is 4.74 Å². The number of rotatable bonds is 5. The van der Waals surface area contributed by atoms with Crippen LogP contribution in [0.25, 0.3) is 11.0 Å². The molecule has 0 saturated carbocycles. The minimum atomic E-state index is -0.671. The second-order valence-corrected chi connectivity index (χ2v) is 6.61. The Bertz CT molecular complexity index is 685. The van der Waals surface area contributed by atoms with E-state index in [0.717, 1.165) is 16.9 Å². The van der Waals surface area contributed by atoms with Crippen molar-refractivity contribution in [1.82, 2.24) is 20.6 Å². The molecule has 2 aromatic rings. The van der Waals surface area contributed by atoms with Gasteiger partial charge >= 0.3 is 6.09 Å². The zero-order chi connectivity index (χ0) is 17.7. The predicted octanol–water partition coefficient (Wildman–Crippen LogP) is 2.13. The first kappa shape index (κ1) is 17.8. The molecule has 0 aliphatic heterocycles. The fourth-order valence-electron chi connectivity index (χ4n) is 2.13. The van der Waals surface area contributed by atoms with E-state index in [9.17, 15) is 9.59 Å². The molecule has 0 bridgehead atoms. The second kappa shape index (κ2) is 7.33. The van der Waals surface area contributed by atoms with E-state index >= 15 is 0 Å². The van der Waals surface area contributed by atoms with Crippen molar-refractivity contribution < 1.29 is 14.3 Å². The van der Waals surface area contributed by atoms with Gasteiger partial charge in [0.15, 0.2) is 0 Å². The zero-order valence-corrected chi connectivity index (χ0v) is 14.5. The Morgan fingerprint density at radius 3 is 2.67 bits per heavy atom. The highest BCUT2D eigenvalue weighted by Gasteiger charge is 2.20. The first-order chi connectivity index (χ1) is 11.2. The Balaban J connectivity index is 1.77. The number of aromatic amines is 1. The van der Waals surface area contributed by atoms with Gasteiger partial charge in [-0.05, 0) is 39.8 Å². The van der Waals surface area contributed by atoms with E-state index in [2.05, 4.69) is 20.6 Å². The van der Waals surface area contributed by atoms with E-state index in [-0.39, 0.29) is 5.91 Å². The standard InChI is InChI=1S/C17H24N4O3/c1-11(19-16(23)24-17(2,3)4)15(22)18-10-9-14-20-12-7-5-6-8-13(12)21-14/h5-8,11H,9-10H2,1-4H3,(H,18,22)(H,19,23)(H,20,21)/t11-/m0/s1. The Hall–Kier alpha value is -2.57. The number of carbonyl (C=O) groups is 2. The summed E-state index contributed by atoms with van der Waals surface area (Å²) in [4.78, 5) is 31.3. The summed E-state index contributed by atoms with van der Waals surface area (Å²) >= 11 is 0. The van der Waals surface area contributed by atoms with Crippen LogP contribution in [-0.4, -0.2) is 40.2 Å². The number of hydrogen-bond donors (Lipinski definition) is 3. The Morgan fingerprint density at radius 1 is 1.29 bits per heavy atom. The summed E-state index contributed by atoms with van der Waals surface area (Å²) in [6.07, 6.45) is -0.0259. The molecule has 0 aliphatic rings. The quantitative estimate of drug-likeness (QED) is 0.781. The summed E-state index contributed by atoms with van der Waals surface area (Å²) in [6.45, 7) is 7.35. The molecular weight excluding hydrogens is 308 g/mol. The van der Waals surface area contributed by atoms with E-state index < -0.39 is 17.7 Å². The van der Waals surface area contributed by atoms with Crippen LogP contribution in [0.3, 0.4) is 0 Å². The first-order valence-corrected chi connectivity index (χ1v) is 7.95. The minimum Gasteiger partial charge on any atom is -0.444 e. The molecule has 7 heteroatoms. The van der Waals surface area contributed by atoms with Crippen molar-refractivity contribution in [3.8, 4) is 0 Å². The molecule has 24 heavy (non-hydrogen) atoms. The molecule has 7 nitrogen and oxygen atoms in total. The number of amides is 2. The number of aromatic nitrogens is 2. The number of nitrogens with one attached hydrogen (secondary N) is 3. The van der Waals surface area contributed by atoms with Crippen LogP contribution in [0.1, 0.15) is 33.5 Å². The molecular formula is C17H24N4O3. The number of nitrogens with zero attached hydrogens (tertiary/aromatic N) is 1. The summed E-state index contributed by atoms with van der Waals surface area (Å²) in [5.41, 5.74) is 1.28. The summed E-state index contributed by atoms with van der Waals surface area (Å²) in [5.74, 6) is 0.543. The first-order valence-electron chi connectivity index (χ1n) is 7.95. The van der Waals surface area contributed by atoms with Gasteiger partial charge in [0, 0.05) is 13.0 Å². The van der Waals surface area contributed by atoms with E-state index in [1.165, 1.54) is 0 Å². The monoisotopic (exact) mass is 332 g/mol. The number of carbonyl (C=O) groups excluding carboxylic acids is 2. The Kier molecular flexibility index (Phi) is 5.43. The number of para-hydroxylation sites is 2. The smallest absolute Gasteiger partial charge is 0.408 e. The van der Waals surface area contributed by atoms with Gasteiger partial charge in [0.25, 0.3) is 0 Å². The fraction of sp³-hybridized carbons (Fsp3) is 0.471. The van der Waals surface area contributed by atoms with Crippen LogP contribution in [0, 0.1) is 0 Å². The van der Waals surface area contributed by atoms with Gasteiger partial charge in [0.1, 0.15) is 17.5 Å². The summed E-state index contributed by atoms with van der Waals surface area (Å²) in [6, 6.07) is 7.09. The van der Waals surface area contributed by atoms with Gasteiger partial charge < -0.3 is 20.4 Å². The van der Waals surface area contributed by atoms with E-state index in [1.807, 2.05) is 24.3 Å². The summed E-state index contributed by atoms with van der Waals surface area (Å²) in [5, 5.41) is 5.28. The molecule has 1 aromatic heterocycles. The van der Waals surface area contributed by atoms with Crippen LogP contribution >= 0.6 is 0 Å². The van der Waals surface area contributed by atoms with Crippen molar-refractivity contribution in [2.75, 3.05) is 6.54 Å². The van der Waals surface area contributed by atoms with Gasteiger partial charge in [0.05, 0.1) is 11.0 Å². The maximum atomic E-state index is 12.0. The molecule has 1 atom stereocenters. The zero-order valence-electron chi connectivity index (χ0n) is 14.5. The van der Waals surface area contributed by atoms with Crippen LogP contribution in [0.15, 0.2) is 24.3 Å². The maximum absolute atomic E-state index is 12.0. The van der Waals surface area contributed by atoms with Crippen LogP contribution < -0.4 is 10.6 Å². The third kappa shape index (κ3) is 5.26. The average Bonchev–Trinajstić information content (AvgIpc) is 2.87. The van der Waals surface area contributed by atoms with Crippen molar-refractivity contribution in [2.45, 2.75) is 45.8 Å². The normalized spacial score (nSPS) is 12.7. The highest BCUT2D eigenvalue weighted by Crippen LogP contribution is 2.10. The Labute approximate surface area is 141 Å². The molecule has 0 fully saturated rings. The van der Waals surface area contributed by atoms with Crippen molar-refractivity contribution in [3.63, 3.8) is 0 Å². The van der Waals surface area contributed by atoms with Crippen molar-refractivity contribution in [2.24, 2.45) is 0 Å². The third-order valence-corrected chi connectivity index (χ3v) is 3.23. The number of hydrogen-bond acceptors (Lipinski definition) is 4. The van der Waals surface area contributed by atoms with Gasteiger partial charge in [-0.1, -0.05) is 12.1 Å². The van der Waals surface area contributed by atoms with E-state index in [0.29, 0.717) is 13.0 Å². The molecule has 2 amide bonds. The number of imidazole rings is 1. The highest BCUT2D eigenvalue weighted by molar-refractivity contribution is 5.85. The molecule has 130 valence electrons. The molecule has 1 aromatic carbocycles. The molecule has 0 unspecified atom stereocenters.